The highest BCUT2D eigenvalue weighted by atomic mass is 16.1. The molecule has 2 heterocycles. The number of aromatic amines is 2. The molecule has 0 aliphatic carbocycles. The number of hydrogen-bond acceptors (Lipinski definition) is 3. The number of hydrogen-bond donors (Lipinski definition) is 3. The first kappa shape index (κ1) is 12.4. The number of carbonyl (C=O) groups excluding carboxylic acids is 1. The van der Waals surface area contributed by atoms with Gasteiger partial charge in [0.15, 0.2) is 0 Å². The average molecular weight is 269 g/mol. The Bertz CT molecular complexity index is 710. The molecule has 0 saturated heterocycles. The Hall–Kier alpha value is -2.63. The van der Waals surface area contributed by atoms with Gasteiger partial charge in [0.05, 0.1) is 11.0 Å². The quantitative estimate of drug-likeness (QED) is 0.672. The zero-order chi connectivity index (χ0) is 13.9. The minimum atomic E-state index is -0.175. The van der Waals surface area contributed by atoms with Crippen LogP contribution in [0.3, 0.4) is 0 Å². The van der Waals surface area contributed by atoms with Crippen molar-refractivity contribution in [2.75, 3.05) is 6.54 Å². The molecule has 3 rings (SSSR count). The summed E-state index contributed by atoms with van der Waals surface area (Å²) in [6.07, 6.45) is 0.657. The summed E-state index contributed by atoms with van der Waals surface area (Å²) in [5.41, 5.74) is 3.23. The molecule has 0 radical (unpaired) electrons. The maximum absolute atomic E-state index is 11.8. The van der Waals surface area contributed by atoms with Crippen molar-refractivity contribution in [3.8, 4) is 0 Å². The Morgan fingerprint density at radius 3 is 2.95 bits per heavy atom. The van der Waals surface area contributed by atoms with Crippen LogP contribution in [-0.2, 0) is 6.42 Å². The minimum absolute atomic E-state index is 0.175. The maximum atomic E-state index is 11.8. The van der Waals surface area contributed by atoms with Gasteiger partial charge in [-0.3, -0.25) is 9.89 Å². The van der Waals surface area contributed by atoms with Crippen LogP contribution >= 0.6 is 0 Å². The van der Waals surface area contributed by atoms with Gasteiger partial charge in [0.1, 0.15) is 11.5 Å². The molecule has 0 spiro atoms. The van der Waals surface area contributed by atoms with Crippen LogP contribution in [0.25, 0.3) is 11.0 Å². The number of fused-ring (bicyclic) bond motifs is 1. The minimum Gasteiger partial charge on any atom is -0.350 e. The van der Waals surface area contributed by atoms with Gasteiger partial charge in [0.2, 0.25) is 0 Å². The number of amides is 1. The highest BCUT2D eigenvalue weighted by molar-refractivity contribution is 5.92. The van der Waals surface area contributed by atoms with Gasteiger partial charge < -0.3 is 10.3 Å². The molecular formula is C14H15N5O. The van der Waals surface area contributed by atoms with Crippen molar-refractivity contribution in [2.24, 2.45) is 0 Å². The predicted octanol–water partition coefficient (Wildman–Crippen LogP) is 1.57. The van der Waals surface area contributed by atoms with E-state index in [1.165, 1.54) is 0 Å². The Morgan fingerprint density at radius 2 is 2.20 bits per heavy atom. The molecule has 0 unspecified atom stereocenters. The number of rotatable bonds is 4. The van der Waals surface area contributed by atoms with Crippen LogP contribution in [0, 0.1) is 6.92 Å². The largest absolute Gasteiger partial charge is 0.350 e. The summed E-state index contributed by atoms with van der Waals surface area (Å²) in [6.45, 7) is 2.38. The van der Waals surface area contributed by atoms with E-state index in [2.05, 4.69) is 25.5 Å². The van der Waals surface area contributed by atoms with E-state index in [-0.39, 0.29) is 5.91 Å². The molecule has 3 aromatic rings. The van der Waals surface area contributed by atoms with Gasteiger partial charge in [0.25, 0.3) is 5.91 Å². The second kappa shape index (κ2) is 5.16. The van der Waals surface area contributed by atoms with Gasteiger partial charge in [-0.05, 0) is 25.1 Å². The first-order valence-corrected chi connectivity index (χ1v) is 6.46. The number of H-pyrrole nitrogens is 2. The third kappa shape index (κ3) is 2.54. The fourth-order valence-electron chi connectivity index (χ4n) is 2.04. The molecule has 0 saturated carbocycles. The van der Waals surface area contributed by atoms with E-state index < -0.39 is 0 Å². The van der Waals surface area contributed by atoms with Crippen LogP contribution < -0.4 is 5.32 Å². The number of benzene rings is 1. The number of aryl methyl sites for hydroxylation is 1. The molecule has 6 nitrogen and oxygen atoms in total. The predicted molar refractivity (Wildman–Crippen MR) is 75.5 cm³/mol. The molecule has 3 N–H and O–H groups in total. The third-order valence-electron chi connectivity index (χ3n) is 3.02. The number of aromatic nitrogens is 4. The lowest BCUT2D eigenvalue weighted by Crippen LogP contribution is -2.26. The molecule has 0 bridgehead atoms. The second-order valence-electron chi connectivity index (χ2n) is 4.64. The van der Waals surface area contributed by atoms with Crippen molar-refractivity contribution in [1.82, 2.24) is 25.5 Å². The summed E-state index contributed by atoms with van der Waals surface area (Å²) in [7, 11) is 0. The van der Waals surface area contributed by atoms with Crippen LogP contribution in [0.15, 0.2) is 30.3 Å². The summed E-state index contributed by atoms with van der Waals surface area (Å²) in [5, 5.41) is 9.49. The van der Waals surface area contributed by atoms with Gasteiger partial charge in [-0.25, -0.2) is 4.98 Å². The molecule has 0 aliphatic rings. The molecule has 0 fully saturated rings. The number of para-hydroxylation sites is 2. The summed E-state index contributed by atoms with van der Waals surface area (Å²) < 4.78 is 0. The number of nitrogens with one attached hydrogen (secondary N) is 3. The van der Waals surface area contributed by atoms with E-state index in [0.717, 1.165) is 22.6 Å². The van der Waals surface area contributed by atoms with Crippen molar-refractivity contribution >= 4 is 16.9 Å². The topological polar surface area (TPSA) is 86.5 Å². The molecule has 1 amide bonds. The van der Waals surface area contributed by atoms with Gasteiger partial charge in [-0.1, -0.05) is 12.1 Å². The summed E-state index contributed by atoms with van der Waals surface area (Å²) in [6, 6.07) is 9.58. The van der Waals surface area contributed by atoms with Gasteiger partial charge >= 0.3 is 0 Å². The summed E-state index contributed by atoms with van der Waals surface area (Å²) >= 11 is 0. The van der Waals surface area contributed by atoms with Crippen LogP contribution in [-0.4, -0.2) is 32.6 Å². The lowest BCUT2D eigenvalue weighted by molar-refractivity contribution is 0.0949. The third-order valence-corrected chi connectivity index (χ3v) is 3.02. The Labute approximate surface area is 115 Å². The highest BCUT2D eigenvalue weighted by Gasteiger charge is 2.09. The van der Waals surface area contributed by atoms with Crippen molar-refractivity contribution in [3.63, 3.8) is 0 Å². The van der Waals surface area contributed by atoms with E-state index in [4.69, 9.17) is 0 Å². The second-order valence-corrected chi connectivity index (χ2v) is 4.64. The lowest BCUT2D eigenvalue weighted by Gasteiger charge is -2.00. The van der Waals surface area contributed by atoms with Gasteiger partial charge in [-0.2, -0.15) is 5.10 Å². The highest BCUT2D eigenvalue weighted by Crippen LogP contribution is 2.10. The van der Waals surface area contributed by atoms with Crippen molar-refractivity contribution in [3.05, 3.63) is 47.5 Å². The van der Waals surface area contributed by atoms with Gasteiger partial charge in [0, 0.05) is 18.7 Å². The number of imidazole rings is 1. The van der Waals surface area contributed by atoms with Crippen molar-refractivity contribution < 1.29 is 4.79 Å². The summed E-state index contributed by atoms with van der Waals surface area (Å²) in [5.74, 6) is 0.690. The zero-order valence-electron chi connectivity index (χ0n) is 11.1. The molecule has 6 heteroatoms. The Morgan fingerprint density at radius 1 is 1.35 bits per heavy atom. The van der Waals surface area contributed by atoms with Crippen molar-refractivity contribution in [1.29, 1.82) is 0 Å². The van der Waals surface area contributed by atoms with E-state index >= 15 is 0 Å². The van der Waals surface area contributed by atoms with E-state index in [9.17, 15) is 4.79 Å². The molecule has 20 heavy (non-hydrogen) atoms. The fraction of sp³-hybridized carbons (Fsp3) is 0.214. The monoisotopic (exact) mass is 269 g/mol. The van der Waals surface area contributed by atoms with E-state index in [1.807, 2.05) is 31.2 Å². The van der Waals surface area contributed by atoms with Crippen LogP contribution in [0.2, 0.25) is 0 Å². The number of carbonyl (C=O) groups is 1. The van der Waals surface area contributed by atoms with Crippen LogP contribution in [0.4, 0.5) is 0 Å². The Balaban J connectivity index is 1.58. The standard InChI is InChI=1S/C14H15N5O/c1-9-8-12(19-18-9)14(20)15-7-6-13-16-10-4-2-3-5-11(10)17-13/h2-5,8H,6-7H2,1H3,(H,15,20)(H,16,17)(H,18,19). The molecule has 0 aliphatic heterocycles. The number of nitrogens with zero attached hydrogens (tertiary/aromatic N) is 2. The normalized spacial score (nSPS) is 10.8. The molecule has 0 atom stereocenters. The first-order chi connectivity index (χ1) is 9.72. The molecule has 1 aromatic carbocycles. The Kier molecular flexibility index (Phi) is 3.20. The van der Waals surface area contributed by atoms with Crippen molar-refractivity contribution in [2.45, 2.75) is 13.3 Å². The SMILES string of the molecule is Cc1cc(C(=O)NCCc2nc3ccccc3[nH]2)n[nH]1. The summed E-state index contributed by atoms with van der Waals surface area (Å²) in [4.78, 5) is 19.5. The van der Waals surface area contributed by atoms with E-state index in [0.29, 0.717) is 18.7 Å². The smallest absolute Gasteiger partial charge is 0.271 e. The maximum Gasteiger partial charge on any atom is 0.271 e. The van der Waals surface area contributed by atoms with Crippen LogP contribution in [0.1, 0.15) is 22.0 Å². The van der Waals surface area contributed by atoms with Gasteiger partial charge in [-0.15, -0.1) is 0 Å². The molecule has 2 aromatic heterocycles. The first-order valence-electron chi connectivity index (χ1n) is 6.46. The molecule has 102 valence electrons. The van der Waals surface area contributed by atoms with Crippen LogP contribution in [0.5, 0.6) is 0 Å². The zero-order valence-corrected chi connectivity index (χ0v) is 11.1. The average Bonchev–Trinajstić information content (AvgIpc) is 3.04. The lowest BCUT2D eigenvalue weighted by atomic mass is 10.3. The molecular weight excluding hydrogens is 254 g/mol. The van der Waals surface area contributed by atoms with E-state index in [1.54, 1.807) is 6.07 Å². The fourth-order valence-corrected chi connectivity index (χ4v) is 2.04.